The minimum Gasteiger partial charge on any atom is -0.298 e. The van der Waals surface area contributed by atoms with Crippen LogP contribution in [0.15, 0.2) is 0 Å². The molecule has 5 rings (SSSR count). The Morgan fingerprint density at radius 1 is 0.875 bits per heavy atom. The van der Waals surface area contributed by atoms with E-state index in [0.717, 1.165) is 23.8 Å². The molecular weight excluding hydrogens is 194 g/mol. The Bertz CT molecular complexity index is 257. The van der Waals surface area contributed by atoms with E-state index < -0.39 is 0 Å². The smallest absolute Gasteiger partial charge is 0.0217 e. The summed E-state index contributed by atoms with van der Waals surface area (Å²) >= 11 is 0. The van der Waals surface area contributed by atoms with Crippen molar-refractivity contribution in [2.75, 3.05) is 7.05 Å². The summed E-state index contributed by atoms with van der Waals surface area (Å²) in [6.07, 6.45) is 13.8. The van der Waals surface area contributed by atoms with Crippen molar-refractivity contribution in [2.45, 2.75) is 69.4 Å². The van der Waals surface area contributed by atoms with Crippen LogP contribution in [0.3, 0.4) is 0 Å². The third kappa shape index (κ3) is 1.27. The molecule has 5 aliphatic carbocycles. The second kappa shape index (κ2) is 3.25. The van der Waals surface area contributed by atoms with Crippen molar-refractivity contribution < 1.29 is 0 Å². The van der Waals surface area contributed by atoms with Crippen molar-refractivity contribution in [3.05, 3.63) is 0 Å². The molecule has 0 unspecified atom stereocenters. The molecule has 0 atom stereocenters. The van der Waals surface area contributed by atoms with Crippen LogP contribution in [0.2, 0.25) is 0 Å². The average Bonchev–Trinajstić information content (AvgIpc) is 2.12. The van der Waals surface area contributed by atoms with Gasteiger partial charge in [-0.1, -0.05) is 6.42 Å². The lowest BCUT2D eigenvalue weighted by atomic mass is 9.52. The van der Waals surface area contributed by atoms with Crippen molar-refractivity contribution in [1.82, 2.24) is 4.90 Å². The summed E-state index contributed by atoms with van der Waals surface area (Å²) < 4.78 is 0. The highest BCUT2D eigenvalue weighted by molar-refractivity contribution is 5.08. The largest absolute Gasteiger partial charge is 0.298 e. The number of hydrogen-bond donors (Lipinski definition) is 0. The molecule has 5 aliphatic rings. The highest BCUT2D eigenvalue weighted by Crippen LogP contribution is 2.58. The molecule has 0 amide bonds. The molecule has 4 bridgehead atoms. The first-order chi connectivity index (χ1) is 7.75. The lowest BCUT2D eigenvalue weighted by molar-refractivity contribution is -0.104. The Balaban J connectivity index is 1.60. The molecule has 0 saturated heterocycles. The van der Waals surface area contributed by atoms with Gasteiger partial charge in [0.2, 0.25) is 0 Å². The van der Waals surface area contributed by atoms with Gasteiger partial charge in [-0.25, -0.2) is 0 Å². The summed E-state index contributed by atoms with van der Waals surface area (Å²) in [5.41, 5.74) is 0.667. The van der Waals surface area contributed by atoms with E-state index in [2.05, 4.69) is 11.9 Å². The minimum atomic E-state index is 0.667. The normalized spacial score (nSPS) is 51.0. The third-order valence-corrected chi connectivity index (χ3v) is 6.38. The van der Waals surface area contributed by atoms with Gasteiger partial charge in [0.05, 0.1) is 0 Å². The van der Waals surface area contributed by atoms with Gasteiger partial charge >= 0.3 is 0 Å². The van der Waals surface area contributed by atoms with Crippen molar-refractivity contribution in [3.8, 4) is 0 Å². The predicted octanol–water partition coefficient (Wildman–Crippen LogP) is 3.44. The maximum absolute atomic E-state index is 2.85. The summed E-state index contributed by atoms with van der Waals surface area (Å²) in [6.45, 7) is 0. The molecule has 0 N–H and O–H groups in total. The van der Waals surface area contributed by atoms with Crippen molar-refractivity contribution in [1.29, 1.82) is 0 Å². The average molecular weight is 219 g/mol. The van der Waals surface area contributed by atoms with E-state index in [1.165, 1.54) is 19.3 Å². The van der Waals surface area contributed by atoms with Gasteiger partial charge in [-0.05, 0) is 76.2 Å². The van der Waals surface area contributed by atoms with Crippen LogP contribution in [-0.4, -0.2) is 23.5 Å². The van der Waals surface area contributed by atoms with E-state index in [-0.39, 0.29) is 0 Å². The second-order valence-electron chi connectivity index (χ2n) is 7.34. The first-order valence-corrected chi connectivity index (χ1v) is 7.48. The molecule has 0 spiro atoms. The maximum atomic E-state index is 2.85. The van der Waals surface area contributed by atoms with Crippen LogP contribution in [0.4, 0.5) is 0 Å². The Morgan fingerprint density at radius 2 is 1.38 bits per heavy atom. The lowest BCUT2D eigenvalue weighted by Crippen LogP contribution is -2.62. The van der Waals surface area contributed by atoms with Gasteiger partial charge in [-0.3, -0.25) is 4.90 Å². The highest BCUT2D eigenvalue weighted by Gasteiger charge is 2.53. The van der Waals surface area contributed by atoms with Crippen molar-refractivity contribution in [3.63, 3.8) is 0 Å². The van der Waals surface area contributed by atoms with Crippen LogP contribution in [0.25, 0.3) is 0 Å². The van der Waals surface area contributed by atoms with E-state index >= 15 is 0 Å². The molecule has 0 aromatic heterocycles. The molecule has 0 aliphatic heterocycles. The summed E-state index contributed by atoms with van der Waals surface area (Å²) in [7, 11) is 2.46. The molecule has 0 aromatic rings. The third-order valence-electron chi connectivity index (χ3n) is 6.38. The minimum absolute atomic E-state index is 0.667. The van der Waals surface area contributed by atoms with Gasteiger partial charge in [0.25, 0.3) is 0 Å². The Labute approximate surface area is 99.6 Å². The fourth-order valence-electron chi connectivity index (χ4n) is 5.66. The SMILES string of the molecule is CN(C1CCC1)C12CC3CC(CC(C3)C1)C2. The molecular formula is C15H25N. The van der Waals surface area contributed by atoms with Gasteiger partial charge in [-0.2, -0.15) is 0 Å². The van der Waals surface area contributed by atoms with Crippen LogP contribution in [-0.2, 0) is 0 Å². The van der Waals surface area contributed by atoms with Gasteiger partial charge in [0, 0.05) is 11.6 Å². The highest BCUT2D eigenvalue weighted by atomic mass is 15.2. The standard InChI is InChI=1S/C15H25N/c1-16(14-3-2-4-14)15-8-11-5-12(9-15)7-13(6-11)10-15/h11-14H,2-10H2,1H3. The molecule has 1 heteroatoms. The van der Waals surface area contributed by atoms with Crippen LogP contribution in [0, 0.1) is 17.8 Å². The summed E-state index contributed by atoms with van der Waals surface area (Å²) in [5, 5.41) is 0. The Morgan fingerprint density at radius 3 is 1.75 bits per heavy atom. The zero-order chi connectivity index (χ0) is 10.8. The quantitative estimate of drug-likeness (QED) is 0.687. The summed E-state index contributed by atoms with van der Waals surface area (Å²) in [4.78, 5) is 2.85. The van der Waals surface area contributed by atoms with Gasteiger partial charge in [0.15, 0.2) is 0 Å². The monoisotopic (exact) mass is 219 g/mol. The van der Waals surface area contributed by atoms with Gasteiger partial charge < -0.3 is 0 Å². The van der Waals surface area contributed by atoms with Gasteiger partial charge in [0.1, 0.15) is 0 Å². The molecule has 0 aromatic carbocycles. The van der Waals surface area contributed by atoms with E-state index in [4.69, 9.17) is 0 Å². The maximum Gasteiger partial charge on any atom is 0.0217 e. The van der Waals surface area contributed by atoms with Gasteiger partial charge in [-0.15, -0.1) is 0 Å². The van der Waals surface area contributed by atoms with Crippen LogP contribution >= 0.6 is 0 Å². The van der Waals surface area contributed by atoms with Crippen LogP contribution in [0.5, 0.6) is 0 Å². The molecule has 5 saturated carbocycles. The number of hydrogen-bond acceptors (Lipinski definition) is 1. The molecule has 5 fully saturated rings. The molecule has 90 valence electrons. The number of nitrogens with zero attached hydrogens (tertiary/aromatic N) is 1. The van der Waals surface area contributed by atoms with Crippen LogP contribution < -0.4 is 0 Å². The summed E-state index contributed by atoms with van der Waals surface area (Å²) in [5.74, 6) is 3.32. The Hall–Kier alpha value is -0.0400. The van der Waals surface area contributed by atoms with Crippen molar-refractivity contribution in [2.24, 2.45) is 17.8 Å². The molecule has 0 heterocycles. The van der Waals surface area contributed by atoms with E-state index in [9.17, 15) is 0 Å². The van der Waals surface area contributed by atoms with E-state index in [1.54, 1.807) is 38.5 Å². The lowest BCUT2D eigenvalue weighted by Gasteiger charge is -2.62. The van der Waals surface area contributed by atoms with Crippen molar-refractivity contribution >= 4 is 0 Å². The number of rotatable bonds is 2. The topological polar surface area (TPSA) is 3.24 Å². The fourth-order valence-corrected chi connectivity index (χ4v) is 5.66. The van der Waals surface area contributed by atoms with E-state index in [0.29, 0.717) is 5.54 Å². The zero-order valence-corrected chi connectivity index (χ0v) is 10.6. The fraction of sp³-hybridized carbons (Fsp3) is 1.00. The first-order valence-electron chi connectivity index (χ1n) is 7.48. The molecule has 1 nitrogen and oxygen atoms in total. The second-order valence-corrected chi connectivity index (χ2v) is 7.34. The Kier molecular flexibility index (Phi) is 2.02. The summed E-state index contributed by atoms with van der Waals surface area (Å²) in [6, 6.07) is 0.955. The first kappa shape index (κ1) is 9.94. The predicted molar refractivity (Wildman–Crippen MR) is 66.3 cm³/mol. The van der Waals surface area contributed by atoms with Crippen LogP contribution in [0.1, 0.15) is 57.8 Å². The molecule has 0 radical (unpaired) electrons. The van der Waals surface area contributed by atoms with E-state index in [1.807, 2.05) is 0 Å². The zero-order valence-electron chi connectivity index (χ0n) is 10.6. The molecule has 16 heavy (non-hydrogen) atoms.